The maximum absolute atomic E-state index is 12.6. The molecule has 0 saturated heterocycles. The molecule has 1 heterocycles. The minimum absolute atomic E-state index is 0.0666. The van der Waals surface area contributed by atoms with E-state index in [1.54, 1.807) is 36.2 Å². The summed E-state index contributed by atoms with van der Waals surface area (Å²) in [5.41, 5.74) is 2.53. The second kappa shape index (κ2) is 6.87. The van der Waals surface area contributed by atoms with Gasteiger partial charge in [0.05, 0.1) is 5.56 Å². The van der Waals surface area contributed by atoms with Crippen molar-refractivity contribution in [1.29, 1.82) is 0 Å². The van der Waals surface area contributed by atoms with E-state index in [-0.39, 0.29) is 17.4 Å². The Morgan fingerprint density at radius 3 is 2.33 bits per heavy atom. The van der Waals surface area contributed by atoms with Crippen LogP contribution in [0.1, 0.15) is 46.5 Å². The zero-order valence-corrected chi connectivity index (χ0v) is 15.6. The largest absolute Gasteiger partial charge is 0.478 e. The van der Waals surface area contributed by atoms with Crippen molar-refractivity contribution in [3.63, 3.8) is 0 Å². The van der Waals surface area contributed by atoms with Gasteiger partial charge in [-0.25, -0.2) is 4.79 Å². The predicted molar refractivity (Wildman–Crippen MR) is 103 cm³/mol. The lowest BCUT2D eigenvalue weighted by Gasteiger charge is -2.26. The highest BCUT2D eigenvalue weighted by Gasteiger charge is 2.34. The van der Waals surface area contributed by atoms with Gasteiger partial charge in [-0.05, 0) is 60.9 Å². The van der Waals surface area contributed by atoms with Crippen molar-refractivity contribution in [3.05, 3.63) is 59.2 Å². The van der Waals surface area contributed by atoms with Crippen LogP contribution in [0.15, 0.2) is 42.5 Å². The van der Waals surface area contributed by atoms with E-state index in [4.69, 9.17) is 5.11 Å². The number of nitrogens with one attached hydrogen (secondary N) is 1. The number of carbonyl (C=O) groups is 3. The molecule has 0 atom stereocenters. The number of amides is 2. The minimum Gasteiger partial charge on any atom is -0.478 e. The molecule has 0 saturated carbocycles. The maximum Gasteiger partial charge on any atom is 0.335 e. The topological polar surface area (TPSA) is 86.7 Å². The van der Waals surface area contributed by atoms with E-state index >= 15 is 0 Å². The number of hydrogen-bond acceptors (Lipinski definition) is 3. The molecule has 6 heteroatoms. The molecule has 1 aliphatic heterocycles. The molecule has 6 nitrogen and oxygen atoms in total. The number of rotatable bonds is 3. The van der Waals surface area contributed by atoms with Gasteiger partial charge in [-0.2, -0.15) is 0 Å². The summed E-state index contributed by atoms with van der Waals surface area (Å²) in [4.78, 5) is 37.7. The van der Waals surface area contributed by atoms with E-state index in [0.29, 0.717) is 24.1 Å². The van der Waals surface area contributed by atoms with E-state index < -0.39 is 11.4 Å². The predicted octanol–water partition coefficient (Wildman–Crippen LogP) is 3.57. The summed E-state index contributed by atoms with van der Waals surface area (Å²) >= 11 is 0. The summed E-state index contributed by atoms with van der Waals surface area (Å²) in [5, 5.41) is 11.7. The van der Waals surface area contributed by atoms with Crippen molar-refractivity contribution < 1.29 is 19.5 Å². The molecule has 140 valence electrons. The summed E-state index contributed by atoms with van der Waals surface area (Å²) in [7, 11) is 1.76. The summed E-state index contributed by atoms with van der Waals surface area (Å²) in [6.45, 7) is 3.87. The first-order chi connectivity index (χ1) is 12.7. The molecule has 2 amide bonds. The average Bonchev–Trinajstić information content (AvgIpc) is 2.72. The third-order valence-corrected chi connectivity index (χ3v) is 5.00. The Morgan fingerprint density at radius 1 is 1.07 bits per heavy atom. The Bertz CT molecular complexity index is 916. The van der Waals surface area contributed by atoms with Crippen molar-refractivity contribution in [2.75, 3.05) is 17.3 Å². The van der Waals surface area contributed by atoms with E-state index in [1.165, 1.54) is 12.1 Å². The number of aryl methyl sites for hydroxylation is 1. The van der Waals surface area contributed by atoms with Crippen LogP contribution < -0.4 is 10.2 Å². The average molecular weight is 366 g/mol. The van der Waals surface area contributed by atoms with Crippen LogP contribution in [0, 0.1) is 5.41 Å². The van der Waals surface area contributed by atoms with Crippen molar-refractivity contribution in [1.82, 2.24) is 0 Å². The second-order valence-electron chi connectivity index (χ2n) is 7.43. The Kier molecular flexibility index (Phi) is 4.74. The number of carboxylic acid groups (broad SMARTS) is 1. The molecule has 0 aromatic heterocycles. The molecule has 0 fully saturated rings. The number of anilines is 2. The molecule has 0 aliphatic carbocycles. The quantitative estimate of drug-likeness (QED) is 0.869. The summed E-state index contributed by atoms with van der Waals surface area (Å²) < 4.78 is 0. The van der Waals surface area contributed by atoms with Crippen LogP contribution in [0.4, 0.5) is 11.4 Å². The van der Waals surface area contributed by atoms with Crippen LogP contribution in [-0.4, -0.2) is 29.9 Å². The van der Waals surface area contributed by atoms with Gasteiger partial charge in [-0.15, -0.1) is 0 Å². The molecular formula is C21H22N2O4. The van der Waals surface area contributed by atoms with E-state index in [9.17, 15) is 14.4 Å². The summed E-state index contributed by atoms with van der Waals surface area (Å²) in [6, 6.07) is 11.3. The summed E-state index contributed by atoms with van der Waals surface area (Å²) in [5.74, 6) is -1.23. The van der Waals surface area contributed by atoms with Crippen LogP contribution >= 0.6 is 0 Å². The SMILES string of the molecule is CN1C(=O)C(C)(C)CCc2cc(C(=O)Nc3ccc(C(=O)O)cc3)ccc21. The van der Waals surface area contributed by atoms with Crippen molar-refractivity contribution in [3.8, 4) is 0 Å². The summed E-state index contributed by atoms with van der Waals surface area (Å²) in [6.07, 6.45) is 1.43. The molecule has 3 rings (SSSR count). The molecule has 0 radical (unpaired) electrons. The Labute approximate surface area is 157 Å². The molecule has 2 aromatic rings. The van der Waals surface area contributed by atoms with Gasteiger partial charge in [0, 0.05) is 29.4 Å². The third-order valence-electron chi connectivity index (χ3n) is 5.00. The van der Waals surface area contributed by atoms with Crippen molar-refractivity contribution >= 4 is 29.2 Å². The molecule has 0 spiro atoms. The number of fused-ring (bicyclic) bond motifs is 1. The Morgan fingerprint density at radius 2 is 1.70 bits per heavy atom. The van der Waals surface area contributed by atoms with Gasteiger partial charge in [0.25, 0.3) is 5.91 Å². The van der Waals surface area contributed by atoms with Gasteiger partial charge in [0.1, 0.15) is 0 Å². The molecule has 0 bridgehead atoms. The first kappa shape index (κ1) is 18.6. The number of nitrogens with zero attached hydrogens (tertiary/aromatic N) is 1. The lowest BCUT2D eigenvalue weighted by Crippen LogP contribution is -2.37. The van der Waals surface area contributed by atoms with Gasteiger partial charge in [0.15, 0.2) is 0 Å². The number of benzene rings is 2. The molecule has 27 heavy (non-hydrogen) atoms. The monoisotopic (exact) mass is 366 g/mol. The lowest BCUT2D eigenvalue weighted by atomic mass is 9.86. The fraction of sp³-hybridized carbons (Fsp3) is 0.286. The van der Waals surface area contributed by atoms with Crippen molar-refractivity contribution in [2.45, 2.75) is 26.7 Å². The number of aromatic carboxylic acids is 1. The highest BCUT2D eigenvalue weighted by Crippen LogP contribution is 2.35. The van der Waals surface area contributed by atoms with Gasteiger partial charge in [0.2, 0.25) is 5.91 Å². The number of carbonyl (C=O) groups excluding carboxylic acids is 2. The van der Waals surface area contributed by atoms with E-state index in [0.717, 1.165) is 11.3 Å². The normalized spacial score (nSPS) is 15.7. The third kappa shape index (κ3) is 3.69. The molecule has 0 unspecified atom stereocenters. The molecular weight excluding hydrogens is 344 g/mol. The number of hydrogen-bond donors (Lipinski definition) is 2. The first-order valence-electron chi connectivity index (χ1n) is 8.75. The zero-order valence-electron chi connectivity index (χ0n) is 15.6. The highest BCUT2D eigenvalue weighted by molar-refractivity contribution is 6.05. The molecule has 2 N–H and O–H groups in total. The number of carboxylic acids is 1. The van der Waals surface area contributed by atoms with E-state index in [1.807, 2.05) is 19.9 Å². The van der Waals surface area contributed by atoms with Gasteiger partial charge < -0.3 is 15.3 Å². The first-order valence-corrected chi connectivity index (χ1v) is 8.75. The Hall–Kier alpha value is -3.15. The fourth-order valence-electron chi connectivity index (χ4n) is 3.27. The van der Waals surface area contributed by atoms with Gasteiger partial charge in [-0.3, -0.25) is 9.59 Å². The maximum atomic E-state index is 12.6. The lowest BCUT2D eigenvalue weighted by molar-refractivity contribution is -0.126. The highest BCUT2D eigenvalue weighted by atomic mass is 16.4. The standard InChI is InChI=1S/C21H22N2O4/c1-21(2)11-10-14-12-15(6-9-17(14)23(3)20(21)27)18(24)22-16-7-4-13(5-8-16)19(25)26/h4-9,12H,10-11H2,1-3H3,(H,22,24)(H,25,26). The molecule has 2 aromatic carbocycles. The van der Waals surface area contributed by atoms with Crippen LogP contribution in [0.5, 0.6) is 0 Å². The van der Waals surface area contributed by atoms with Gasteiger partial charge >= 0.3 is 5.97 Å². The van der Waals surface area contributed by atoms with Crippen LogP contribution in [0.2, 0.25) is 0 Å². The van der Waals surface area contributed by atoms with Crippen LogP contribution in [-0.2, 0) is 11.2 Å². The van der Waals surface area contributed by atoms with Crippen LogP contribution in [0.25, 0.3) is 0 Å². The fourth-order valence-corrected chi connectivity index (χ4v) is 3.27. The second-order valence-corrected chi connectivity index (χ2v) is 7.43. The smallest absolute Gasteiger partial charge is 0.335 e. The van der Waals surface area contributed by atoms with Crippen LogP contribution in [0.3, 0.4) is 0 Å². The zero-order chi connectivity index (χ0) is 19.8. The van der Waals surface area contributed by atoms with Crippen molar-refractivity contribution in [2.24, 2.45) is 5.41 Å². The minimum atomic E-state index is -1.01. The Balaban J connectivity index is 1.82. The molecule has 1 aliphatic rings. The van der Waals surface area contributed by atoms with E-state index in [2.05, 4.69) is 5.32 Å². The van der Waals surface area contributed by atoms with Gasteiger partial charge in [-0.1, -0.05) is 13.8 Å².